The number of anilines is 1. The van der Waals surface area contributed by atoms with Gasteiger partial charge in [-0.1, -0.05) is 23.2 Å². The van der Waals surface area contributed by atoms with Crippen LogP contribution in [0.1, 0.15) is 12.8 Å². The number of piperidine rings is 1. The van der Waals surface area contributed by atoms with Gasteiger partial charge in [0, 0.05) is 42.9 Å². The number of pyridine rings is 1. The Morgan fingerprint density at radius 1 is 1.31 bits per heavy atom. The van der Waals surface area contributed by atoms with Crippen LogP contribution >= 0.6 is 23.2 Å². The molecular weight excluding hydrogens is 437 g/mol. The monoisotopic (exact) mass is 455 g/mol. The van der Waals surface area contributed by atoms with Gasteiger partial charge in [0.15, 0.2) is 0 Å². The zero-order valence-electron chi connectivity index (χ0n) is 15.3. The summed E-state index contributed by atoms with van der Waals surface area (Å²) in [4.78, 5) is 11.0. The molecule has 11 heteroatoms. The summed E-state index contributed by atoms with van der Waals surface area (Å²) in [6.45, 7) is 1.42. The van der Waals surface area contributed by atoms with Crippen molar-refractivity contribution in [3.8, 4) is 5.69 Å². The molecule has 0 radical (unpaired) electrons. The number of hydrogen-bond acceptors (Lipinski definition) is 6. The van der Waals surface area contributed by atoms with Gasteiger partial charge in [0.2, 0.25) is 0 Å². The van der Waals surface area contributed by atoms with Gasteiger partial charge in [-0.05, 0) is 25.0 Å². The van der Waals surface area contributed by atoms with E-state index in [0.29, 0.717) is 22.1 Å². The Kier molecular flexibility index (Phi) is 5.67. The number of nitrogens with zero attached hydrogens (tertiary/aromatic N) is 4. The number of fused-ring (bicyclic) bond motifs is 1. The largest absolute Gasteiger partial charge is 0.356 e. The minimum atomic E-state index is -3.96. The topological polar surface area (TPSA) is 103 Å². The summed E-state index contributed by atoms with van der Waals surface area (Å²) >= 11 is 12.7. The first-order chi connectivity index (χ1) is 13.8. The fourth-order valence-corrected chi connectivity index (χ4v) is 4.32. The van der Waals surface area contributed by atoms with Gasteiger partial charge in [-0.25, -0.2) is 15.1 Å². The number of halogens is 2. The Morgan fingerprint density at radius 3 is 2.86 bits per heavy atom. The molecular formula is C18H19Cl2N5O3S. The molecule has 0 amide bonds. The average molecular weight is 456 g/mol. The van der Waals surface area contributed by atoms with Crippen LogP contribution < -0.4 is 10.0 Å². The van der Waals surface area contributed by atoms with Crippen molar-refractivity contribution in [2.24, 2.45) is 11.1 Å². The quantitative estimate of drug-likeness (QED) is 0.633. The Labute approximate surface area is 178 Å². The molecule has 1 atom stereocenters. The molecule has 1 fully saturated rings. The fraction of sp³-hybridized carbons (Fsp3) is 0.333. The second kappa shape index (κ2) is 8.08. The molecule has 29 heavy (non-hydrogen) atoms. The van der Waals surface area contributed by atoms with Crippen molar-refractivity contribution in [3.05, 3.63) is 47.0 Å². The van der Waals surface area contributed by atoms with Crippen LogP contribution in [0.25, 0.3) is 16.6 Å². The Hall–Kier alpha value is -1.91. The SMILES string of the molecule is NS(=O)(=O)OCC1CCCN(c2cc(-n3ccnc3)c3ccc(Cl)c(Cl)c3n2)C1. The second-order valence-electron chi connectivity index (χ2n) is 6.96. The minimum absolute atomic E-state index is 0.0195. The Morgan fingerprint density at radius 2 is 2.14 bits per heavy atom. The number of aromatic nitrogens is 3. The zero-order valence-corrected chi connectivity index (χ0v) is 17.7. The van der Waals surface area contributed by atoms with Crippen molar-refractivity contribution in [1.29, 1.82) is 0 Å². The van der Waals surface area contributed by atoms with Gasteiger partial charge >= 0.3 is 10.3 Å². The first-order valence-corrected chi connectivity index (χ1v) is 11.2. The van der Waals surface area contributed by atoms with Crippen molar-refractivity contribution in [1.82, 2.24) is 14.5 Å². The third-order valence-corrected chi connectivity index (χ3v) is 6.19. The summed E-state index contributed by atoms with van der Waals surface area (Å²) < 4.78 is 28.9. The van der Waals surface area contributed by atoms with E-state index >= 15 is 0 Å². The van der Waals surface area contributed by atoms with Crippen LogP contribution in [0, 0.1) is 5.92 Å². The maximum Gasteiger partial charge on any atom is 0.333 e. The zero-order chi connectivity index (χ0) is 20.6. The van der Waals surface area contributed by atoms with Crippen molar-refractivity contribution in [3.63, 3.8) is 0 Å². The molecule has 0 bridgehead atoms. The van der Waals surface area contributed by atoms with Crippen molar-refractivity contribution >= 4 is 50.2 Å². The molecule has 1 aliphatic heterocycles. The van der Waals surface area contributed by atoms with Gasteiger partial charge in [-0.15, -0.1) is 0 Å². The minimum Gasteiger partial charge on any atom is -0.356 e. The molecule has 2 aromatic heterocycles. The number of hydrogen-bond donors (Lipinski definition) is 1. The molecule has 8 nitrogen and oxygen atoms in total. The highest BCUT2D eigenvalue weighted by Crippen LogP contribution is 2.35. The molecule has 0 spiro atoms. The lowest BCUT2D eigenvalue weighted by atomic mass is 9.99. The van der Waals surface area contributed by atoms with E-state index in [4.69, 9.17) is 37.5 Å². The van der Waals surface area contributed by atoms with Crippen LogP contribution in [0.2, 0.25) is 10.0 Å². The third kappa shape index (κ3) is 4.49. The van der Waals surface area contributed by atoms with Gasteiger partial charge in [-0.2, -0.15) is 8.42 Å². The van der Waals surface area contributed by atoms with E-state index in [1.54, 1.807) is 18.6 Å². The van der Waals surface area contributed by atoms with Crippen LogP contribution in [0.4, 0.5) is 5.82 Å². The van der Waals surface area contributed by atoms with Gasteiger partial charge in [0.25, 0.3) is 0 Å². The highest BCUT2D eigenvalue weighted by Gasteiger charge is 2.24. The van der Waals surface area contributed by atoms with E-state index < -0.39 is 10.3 Å². The molecule has 1 unspecified atom stereocenters. The summed E-state index contributed by atoms with van der Waals surface area (Å²) in [5.41, 5.74) is 1.48. The number of rotatable bonds is 5. The van der Waals surface area contributed by atoms with Crippen LogP contribution in [-0.2, 0) is 14.5 Å². The Balaban J connectivity index is 1.73. The fourth-order valence-electron chi connectivity index (χ4n) is 3.58. The molecule has 3 heterocycles. The number of benzene rings is 1. The Bertz CT molecular complexity index is 1140. The van der Waals surface area contributed by atoms with E-state index in [1.165, 1.54) is 0 Å². The smallest absolute Gasteiger partial charge is 0.333 e. The number of imidazole rings is 1. The van der Waals surface area contributed by atoms with E-state index in [0.717, 1.165) is 36.3 Å². The predicted molar refractivity (Wildman–Crippen MR) is 113 cm³/mol. The summed E-state index contributed by atoms with van der Waals surface area (Å²) in [7, 11) is -3.96. The highest BCUT2D eigenvalue weighted by molar-refractivity contribution is 7.84. The summed E-state index contributed by atoms with van der Waals surface area (Å²) in [5.74, 6) is 0.747. The molecule has 2 N–H and O–H groups in total. The van der Waals surface area contributed by atoms with Gasteiger partial charge in [0.05, 0.1) is 34.2 Å². The van der Waals surface area contributed by atoms with Crippen molar-refractivity contribution in [2.75, 3.05) is 24.6 Å². The van der Waals surface area contributed by atoms with Gasteiger partial charge < -0.3 is 9.47 Å². The highest BCUT2D eigenvalue weighted by atomic mass is 35.5. The normalized spacial score (nSPS) is 17.8. The van der Waals surface area contributed by atoms with E-state index in [1.807, 2.05) is 22.9 Å². The van der Waals surface area contributed by atoms with E-state index in [-0.39, 0.29) is 12.5 Å². The van der Waals surface area contributed by atoms with Crippen LogP contribution in [0.15, 0.2) is 36.9 Å². The lowest BCUT2D eigenvalue weighted by Crippen LogP contribution is -2.38. The lowest BCUT2D eigenvalue weighted by molar-refractivity contribution is 0.234. The van der Waals surface area contributed by atoms with E-state index in [9.17, 15) is 8.42 Å². The maximum atomic E-state index is 11.1. The van der Waals surface area contributed by atoms with E-state index in [2.05, 4.69) is 9.88 Å². The lowest BCUT2D eigenvalue weighted by Gasteiger charge is -2.33. The van der Waals surface area contributed by atoms with Gasteiger partial charge in [0.1, 0.15) is 5.82 Å². The second-order valence-corrected chi connectivity index (χ2v) is 8.97. The first-order valence-electron chi connectivity index (χ1n) is 9.01. The molecule has 0 saturated carbocycles. The van der Waals surface area contributed by atoms with Gasteiger partial charge in [-0.3, -0.25) is 4.18 Å². The summed E-state index contributed by atoms with van der Waals surface area (Å²) in [6, 6.07) is 5.60. The van der Waals surface area contributed by atoms with Crippen LogP contribution in [0.3, 0.4) is 0 Å². The summed E-state index contributed by atoms with van der Waals surface area (Å²) in [5, 5.41) is 6.62. The molecule has 1 saturated heterocycles. The maximum absolute atomic E-state index is 11.1. The molecule has 1 aromatic carbocycles. The standard InChI is InChI=1S/C18H19Cl2N5O3S/c19-14-4-3-13-15(25-7-5-22-11-25)8-16(23-18(13)17(14)20)24-6-1-2-12(9-24)10-28-29(21,26)27/h3-5,7-8,11-12H,1-2,6,9-10H2,(H2,21,26,27). The molecule has 154 valence electrons. The summed E-state index contributed by atoms with van der Waals surface area (Å²) in [6.07, 6.45) is 6.98. The molecule has 1 aliphatic rings. The van der Waals surface area contributed by atoms with Crippen LogP contribution in [0.5, 0.6) is 0 Å². The first kappa shape index (κ1) is 20.4. The molecule has 3 aromatic rings. The van der Waals surface area contributed by atoms with Crippen molar-refractivity contribution < 1.29 is 12.6 Å². The molecule has 0 aliphatic carbocycles. The predicted octanol–water partition coefficient (Wildman–Crippen LogP) is 3.16. The van der Waals surface area contributed by atoms with Crippen LogP contribution in [-0.4, -0.2) is 42.6 Å². The third-order valence-electron chi connectivity index (χ3n) is 4.93. The van der Waals surface area contributed by atoms with Crippen molar-refractivity contribution in [2.45, 2.75) is 12.8 Å². The average Bonchev–Trinajstić information content (AvgIpc) is 3.23. The molecule has 4 rings (SSSR count). The number of nitrogens with two attached hydrogens (primary N) is 1.